The molecule has 0 aliphatic carbocycles. The molecule has 6 nitrogen and oxygen atoms in total. The van der Waals surface area contributed by atoms with Crippen molar-refractivity contribution >= 4 is 49.0 Å². The molecule has 2 aromatic carbocycles. The van der Waals surface area contributed by atoms with Gasteiger partial charge in [-0.25, -0.2) is 4.98 Å². The summed E-state index contributed by atoms with van der Waals surface area (Å²) in [6.07, 6.45) is 1.59. The first-order valence-electron chi connectivity index (χ1n) is 8.18. The summed E-state index contributed by atoms with van der Waals surface area (Å²) >= 11 is 6.87. The zero-order valence-corrected chi connectivity index (χ0v) is 18.2. The molecule has 0 atom stereocenters. The fourth-order valence-corrected chi connectivity index (χ4v) is 3.55. The van der Waals surface area contributed by atoms with Crippen LogP contribution in [0.1, 0.15) is 18.3 Å². The molecule has 0 aliphatic heterocycles. The number of nitrogens with zero attached hydrogens (tertiary/aromatic N) is 3. The SMILES string of the molecule is CCOc1c(Br)cc(C=Nn2c(C)nc3ccc(Br)cc3c2=O)cc1OC. The van der Waals surface area contributed by atoms with Gasteiger partial charge in [0, 0.05) is 4.47 Å². The lowest BCUT2D eigenvalue weighted by molar-refractivity contribution is 0.309. The molecule has 27 heavy (non-hydrogen) atoms. The van der Waals surface area contributed by atoms with Crippen LogP contribution in [0.25, 0.3) is 10.9 Å². The van der Waals surface area contributed by atoms with Gasteiger partial charge in [0.15, 0.2) is 11.5 Å². The normalized spacial score (nSPS) is 11.3. The first-order valence-corrected chi connectivity index (χ1v) is 9.76. The molecule has 0 aliphatic rings. The predicted molar refractivity (Wildman–Crippen MR) is 113 cm³/mol. The first-order chi connectivity index (χ1) is 12.9. The Morgan fingerprint density at radius 1 is 1.26 bits per heavy atom. The summed E-state index contributed by atoms with van der Waals surface area (Å²) in [4.78, 5) is 17.2. The maximum absolute atomic E-state index is 12.8. The van der Waals surface area contributed by atoms with Gasteiger partial charge < -0.3 is 9.47 Å². The van der Waals surface area contributed by atoms with Gasteiger partial charge in [0.05, 0.1) is 35.3 Å². The van der Waals surface area contributed by atoms with Crippen LogP contribution in [-0.4, -0.2) is 29.6 Å². The molecular formula is C19H17Br2N3O3. The van der Waals surface area contributed by atoms with E-state index in [2.05, 4.69) is 41.9 Å². The van der Waals surface area contributed by atoms with E-state index in [1.165, 1.54) is 4.68 Å². The lowest BCUT2D eigenvalue weighted by Gasteiger charge is -2.12. The fourth-order valence-electron chi connectivity index (χ4n) is 2.62. The van der Waals surface area contributed by atoms with Gasteiger partial charge in [-0.15, -0.1) is 0 Å². The highest BCUT2D eigenvalue weighted by Crippen LogP contribution is 2.36. The summed E-state index contributed by atoms with van der Waals surface area (Å²) in [6, 6.07) is 9.04. The van der Waals surface area contributed by atoms with Crippen LogP contribution in [0.5, 0.6) is 11.5 Å². The number of hydrogen-bond acceptors (Lipinski definition) is 5. The van der Waals surface area contributed by atoms with Gasteiger partial charge in [0.1, 0.15) is 5.82 Å². The Balaban J connectivity index is 2.06. The van der Waals surface area contributed by atoms with E-state index in [0.717, 1.165) is 14.5 Å². The van der Waals surface area contributed by atoms with E-state index in [-0.39, 0.29) is 5.56 Å². The van der Waals surface area contributed by atoms with Gasteiger partial charge in [0.25, 0.3) is 5.56 Å². The minimum atomic E-state index is -0.230. The molecule has 1 aromatic heterocycles. The minimum absolute atomic E-state index is 0.230. The number of hydrogen-bond donors (Lipinski definition) is 0. The van der Waals surface area contributed by atoms with Gasteiger partial charge in [-0.3, -0.25) is 4.79 Å². The topological polar surface area (TPSA) is 65.7 Å². The van der Waals surface area contributed by atoms with Gasteiger partial charge in [0.2, 0.25) is 0 Å². The number of aryl methyl sites for hydroxylation is 1. The summed E-state index contributed by atoms with van der Waals surface area (Å²) in [6.45, 7) is 4.17. The molecule has 0 saturated heterocycles. The average Bonchev–Trinajstić information content (AvgIpc) is 2.64. The second kappa shape index (κ2) is 8.22. The molecule has 0 bridgehead atoms. The van der Waals surface area contributed by atoms with Crippen molar-refractivity contribution in [2.45, 2.75) is 13.8 Å². The van der Waals surface area contributed by atoms with Crippen molar-refractivity contribution in [2.75, 3.05) is 13.7 Å². The summed E-state index contributed by atoms with van der Waals surface area (Å²) < 4.78 is 13.8. The quantitative estimate of drug-likeness (QED) is 0.489. The monoisotopic (exact) mass is 493 g/mol. The molecule has 0 unspecified atom stereocenters. The molecule has 0 radical (unpaired) electrons. The summed E-state index contributed by atoms with van der Waals surface area (Å²) in [5.41, 5.74) is 1.16. The van der Waals surface area contributed by atoms with Crippen LogP contribution >= 0.6 is 31.9 Å². The van der Waals surface area contributed by atoms with Crippen molar-refractivity contribution in [1.29, 1.82) is 0 Å². The number of rotatable bonds is 5. The van der Waals surface area contributed by atoms with Crippen LogP contribution in [-0.2, 0) is 0 Å². The maximum atomic E-state index is 12.8. The minimum Gasteiger partial charge on any atom is -0.493 e. The summed E-state index contributed by atoms with van der Waals surface area (Å²) in [7, 11) is 1.57. The average molecular weight is 495 g/mol. The molecule has 140 valence electrons. The molecule has 8 heteroatoms. The molecule has 0 amide bonds. The Morgan fingerprint density at radius 2 is 2.04 bits per heavy atom. The molecule has 0 saturated carbocycles. The standard InChI is InChI=1S/C19H17Br2N3O3/c1-4-27-18-15(21)7-12(8-17(18)26-3)10-22-24-11(2)23-16-6-5-13(20)9-14(16)19(24)25/h5-10H,4H2,1-3H3. The Bertz CT molecular complexity index is 1090. The lowest BCUT2D eigenvalue weighted by atomic mass is 10.2. The second-order valence-electron chi connectivity index (χ2n) is 5.65. The van der Waals surface area contributed by atoms with Crippen molar-refractivity contribution in [3.05, 3.63) is 61.0 Å². The molecule has 0 spiro atoms. The maximum Gasteiger partial charge on any atom is 0.282 e. The van der Waals surface area contributed by atoms with E-state index in [1.807, 2.05) is 19.1 Å². The predicted octanol–water partition coefficient (Wildman–Crippen LogP) is 4.52. The zero-order valence-electron chi connectivity index (χ0n) is 15.0. The highest BCUT2D eigenvalue weighted by Gasteiger charge is 2.11. The van der Waals surface area contributed by atoms with E-state index < -0.39 is 0 Å². The van der Waals surface area contributed by atoms with Crippen molar-refractivity contribution in [1.82, 2.24) is 9.66 Å². The molecule has 3 aromatic rings. The number of methoxy groups -OCH3 is 1. The smallest absolute Gasteiger partial charge is 0.282 e. The fraction of sp³-hybridized carbons (Fsp3) is 0.211. The molecule has 0 N–H and O–H groups in total. The van der Waals surface area contributed by atoms with Crippen LogP contribution in [0.3, 0.4) is 0 Å². The van der Waals surface area contributed by atoms with Gasteiger partial charge in [-0.1, -0.05) is 15.9 Å². The Kier molecular flexibility index (Phi) is 5.96. The summed E-state index contributed by atoms with van der Waals surface area (Å²) in [5, 5.41) is 4.83. The van der Waals surface area contributed by atoms with Gasteiger partial charge in [-0.2, -0.15) is 9.78 Å². The zero-order chi connectivity index (χ0) is 19.6. The van der Waals surface area contributed by atoms with Crippen LogP contribution < -0.4 is 15.0 Å². The number of aromatic nitrogens is 2. The van der Waals surface area contributed by atoms with E-state index in [9.17, 15) is 4.79 Å². The van der Waals surface area contributed by atoms with Gasteiger partial charge >= 0.3 is 0 Å². The molecule has 1 heterocycles. The van der Waals surface area contributed by atoms with E-state index >= 15 is 0 Å². The third kappa shape index (κ3) is 4.06. The van der Waals surface area contributed by atoms with Crippen molar-refractivity contribution < 1.29 is 9.47 Å². The van der Waals surface area contributed by atoms with E-state index in [1.54, 1.807) is 38.4 Å². The second-order valence-corrected chi connectivity index (χ2v) is 7.42. The van der Waals surface area contributed by atoms with E-state index in [0.29, 0.717) is 34.8 Å². The number of ether oxygens (including phenoxy) is 2. The van der Waals surface area contributed by atoms with Crippen LogP contribution in [0.4, 0.5) is 0 Å². The van der Waals surface area contributed by atoms with Crippen LogP contribution in [0.2, 0.25) is 0 Å². The first kappa shape index (κ1) is 19.6. The van der Waals surface area contributed by atoms with Crippen LogP contribution in [0, 0.1) is 6.92 Å². The molecular weight excluding hydrogens is 478 g/mol. The largest absolute Gasteiger partial charge is 0.493 e. The van der Waals surface area contributed by atoms with Crippen molar-refractivity contribution in [2.24, 2.45) is 5.10 Å². The van der Waals surface area contributed by atoms with Crippen molar-refractivity contribution in [3.63, 3.8) is 0 Å². The lowest BCUT2D eigenvalue weighted by Crippen LogP contribution is -2.20. The number of fused-ring (bicyclic) bond motifs is 1. The number of halogens is 2. The van der Waals surface area contributed by atoms with Crippen molar-refractivity contribution in [3.8, 4) is 11.5 Å². The molecule has 3 rings (SSSR count). The van der Waals surface area contributed by atoms with Crippen LogP contribution in [0.15, 0.2) is 49.2 Å². The third-order valence-corrected chi connectivity index (χ3v) is 4.92. The Labute approximate surface area is 173 Å². The molecule has 0 fully saturated rings. The highest BCUT2D eigenvalue weighted by molar-refractivity contribution is 9.10. The third-order valence-electron chi connectivity index (χ3n) is 3.83. The highest BCUT2D eigenvalue weighted by atomic mass is 79.9. The Hall–Kier alpha value is -2.19. The Morgan fingerprint density at radius 3 is 2.74 bits per heavy atom. The summed E-state index contributed by atoms with van der Waals surface area (Å²) in [5.74, 6) is 1.71. The van der Waals surface area contributed by atoms with Gasteiger partial charge in [-0.05, 0) is 65.7 Å². The van der Waals surface area contributed by atoms with E-state index in [4.69, 9.17) is 9.47 Å². The number of benzene rings is 2.